The monoisotopic (exact) mass is 148 g/mol. The predicted octanol–water partition coefficient (Wildman–Crippen LogP) is 1.83. The van der Waals surface area contributed by atoms with Crippen LogP contribution in [-0.2, 0) is 6.42 Å². The molecule has 1 aromatic rings. The van der Waals surface area contributed by atoms with Crippen LogP contribution in [0, 0.1) is 5.41 Å². The van der Waals surface area contributed by atoms with E-state index in [0.29, 0.717) is 5.69 Å². The van der Waals surface area contributed by atoms with Crippen molar-refractivity contribution in [2.24, 2.45) is 0 Å². The molecule has 0 aromatic heterocycles. The number of aryl methyl sites for hydroxylation is 1. The van der Waals surface area contributed by atoms with Gasteiger partial charge in [-0.2, -0.15) is 0 Å². The van der Waals surface area contributed by atoms with Crippen molar-refractivity contribution >= 4 is 11.9 Å². The van der Waals surface area contributed by atoms with Crippen molar-refractivity contribution in [1.82, 2.24) is 0 Å². The Bertz CT molecular complexity index is 266. The SMILES string of the molecule is CCc1ccc(N)c(C=N)c1. The Kier molecular flexibility index (Phi) is 2.26. The molecule has 2 nitrogen and oxygen atoms in total. The molecule has 1 rings (SSSR count). The second-order valence-corrected chi connectivity index (χ2v) is 2.46. The molecule has 0 radical (unpaired) electrons. The lowest BCUT2D eigenvalue weighted by molar-refractivity contribution is 1.14. The third kappa shape index (κ3) is 1.58. The Morgan fingerprint density at radius 2 is 2.27 bits per heavy atom. The topological polar surface area (TPSA) is 49.9 Å². The van der Waals surface area contributed by atoms with Crippen LogP contribution in [0.1, 0.15) is 18.1 Å². The van der Waals surface area contributed by atoms with E-state index >= 15 is 0 Å². The molecular weight excluding hydrogens is 136 g/mol. The Balaban J connectivity index is 3.12. The molecule has 0 fully saturated rings. The van der Waals surface area contributed by atoms with Gasteiger partial charge in [-0.25, -0.2) is 0 Å². The summed E-state index contributed by atoms with van der Waals surface area (Å²) in [5.41, 5.74) is 8.31. The molecule has 0 aliphatic heterocycles. The molecule has 0 aliphatic carbocycles. The maximum Gasteiger partial charge on any atom is 0.0403 e. The van der Waals surface area contributed by atoms with Crippen LogP contribution < -0.4 is 5.73 Å². The zero-order valence-corrected chi connectivity index (χ0v) is 6.59. The fraction of sp³-hybridized carbons (Fsp3) is 0.222. The van der Waals surface area contributed by atoms with Crippen LogP contribution in [0.15, 0.2) is 18.2 Å². The van der Waals surface area contributed by atoms with Gasteiger partial charge in [0.2, 0.25) is 0 Å². The zero-order chi connectivity index (χ0) is 8.27. The van der Waals surface area contributed by atoms with E-state index in [2.05, 4.69) is 6.92 Å². The standard InChI is InChI=1S/C9H12N2/c1-2-7-3-4-9(11)8(5-7)6-10/h3-6,10H,2,11H2,1H3. The van der Waals surface area contributed by atoms with Crippen LogP contribution in [0.25, 0.3) is 0 Å². The number of hydrogen-bond acceptors (Lipinski definition) is 2. The van der Waals surface area contributed by atoms with Gasteiger partial charge in [0.1, 0.15) is 0 Å². The molecule has 0 bridgehead atoms. The quantitative estimate of drug-likeness (QED) is 0.488. The largest absolute Gasteiger partial charge is 0.398 e. The summed E-state index contributed by atoms with van der Waals surface area (Å²) in [5, 5.41) is 7.05. The summed E-state index contributed by atoms with van der Waals surface area (Å²) < 4.78 is 0. The lowest BCUT2D eigenvalue weighted by Gasteiger charge is -2.01. The normalized spacial score (nSPS) is 9.55. The Morgan fingerprint density at radius 3 is 2.82 bits per heavy atom. The second kappa shape index (κ2) is 3.19. The van der Waals surface area contributed by atoms with Crippen LogP contribution in [0.2, 0.25) is 0 Å². The van der Waals surface area contributed by atoms with E-state index in [1.54, 1.807) is 0 Å². The van der Waals surface area contributed by atoms with Crippen molar-refractivity contribution < 1.29 is 0 Å². The first-order valence-corrected chi connectivity index (χ1v) is 3.66. The van der Waals surface area contributed by atoms with Gasteiger partial charge >= 0.3 is 0 Å². The van der Waals surface area contributed by atoms with Crippen molar-refractivity contribution in [1.29, 1.82) is 5.41 Å². The molecule has 0 heterocycles. The third-order valence-electron chi connectivity index (χ3n) is 1.71. The summed E-state index contributed by atoms with van der Waals surface area (Å²) in [6.07, 6.45) is 2.27. The Morgan fingerprint density at radius 1 is 1.55 bits per heavy atom. The number of nitrogen functional groups attached to an aromatic ring is 1. The van der Waals surface area contributed by atoms with Gasteiger partial charge in [-0.05, 0) is 24.1 Å². The second-order valence-electron chi connectivity index (χ2n) is 2.46. The van der Waals surface area contributed by atoms with Crippen molar-refractivity contribution in [2.75, 3.05) is 5.73 Å². The molecule has 58 valence electrons. The Labute approximate surface area is 66.6 Å². The molecule has 0 unspecified atom stereocenters. The van der Waals surface area contributed by atoms with E-state index in [9.17, 15) is 0 Å². The van der Waals surface area contributed by atoms with Crippen molar-refractivity contribution in [3.63, 3.8) is 0 Å². The van der Waals surface area contributed by atoms with Crippen molar-refractivity contribution in [3.05, 3.63) is 29.3 Å². The molecule has 0 spiro atoms. The van der Waals surface area contributed by atoms with Gasteiger partial charge in [0.15, 0.2) is 0 Å². The molecule has 0 atom stereocenters. The van der Waals surface area contributed by atoms with E-state index in [1.165, 1.54) is 11.8 Å². The minimum absolute atomic E-state index is 0.678. The minimum Gasteiger partial charge on any atom is -0.398 e. The van der Waals surface area contributed by atoms with E-state index in [1.807, 2.05) is 18.2 Å². The zero-order valence-electron chi connectivity index (χ0n) is 6.59. The van der Waals surface area contributed by atoms with Gasteiger partial charge in [0.25, 0.3) is 0 Å². The fourth-order valence-corrected chi connectivity index (χ4v) is 0.969. The highest BCUT2D eigenvalue weighted by Crippen LogP contribution is 2.11. The number of anilines is 1. The first-order valence-electron chi connectivity index (χ1n) is 3.66. The maximum absolute atomic E-state index is 7.05. The summed E-state index contributed by atoms with van der Waals surface area (Å²) >= 11 is 0. The highest BCUT2D eigenvalue weighted by Gasteiger charge is 1.95. The molecule has 11 heavy (non-hydrogen) atoms. The van der Waals surface area contributed by atoms with Gasteiger partial charge in [-0.15, -0.1) is 0 Å². The minimum atomic E-state index is 0.678. The summed E-state index contributed by atoms with van der Waals surface area (Å²) in [5.74, 6) is 0. The number of nitrogens with one attached hydrogen (secondary N) is 1. The maximum atomic E-state index is 7.05. The lowest BCUT2D eigenvalue weighted by Crippen LogP contribution is -1.93. The van der Waals surface area contributed by atoms with Crippen molar-refractivity contribution in [3.8, 4) is 0 Å². The van der Waals surface area contributed by atoms with Crippen LogP contribution in [0.5, 0.6) is 0 Å². The Hall–Kier alpha value is -1.31. The molecule has 1 aromatic carbocycles. The molecular formula is C9H12N2. The fourth-order valence-electron chi connectivity index (χ4n) is 0.969. The van der Waals surface area contributed by atoms with Gasteiger partial charge in [0.05, 0.1) is 0 Å². The average molecular weight is 148 g/mol. The summed E-state index contributed by atoms with van der Waals surface area (Å²) in [7, 11) is 0. The molecule has 2 heteroatoms. The van der Waals surface area contributed by atoms with Crippen LogP contribution in [0.3, 0.4) is 0 Å². The number of rotatable bonds is 2. The van der Waals surface area contributed by atoms with Crippen LogP contribution in [0.4, 0.5) is 5.69 Å². The smallest absolute Gasteiger partial charge is 0.0403 e. The van der Waals surface area contributed by atoms with E-state index < -0.39 is 0 Å². The third-order valence-corrected chi connectivity index (χ3v) is 1.71. The molecule has 0 aliphatic rings. The lowest BCUT2D eigenvalue weighted by atomic mass is 10.1. The van der Waals surface area contributed by atoms with E-state index in [4.69, 9.17) is 11.1 Å². The molecule has 0 amide bonds. The number of nitrogens with two attached hydrogens (primary N) is 1. The van der Waals surface area contributed by atoms with Crippen LogP contribution >= 0.6 is 0 Å². The summed E-state index contributed by atoms with van der Waals surface area (Å²) in [6.45, 7) is 2.08. The van der Waals surface area contributed by atoms with E-state index in [0.717, 1.165) is 12.0 Å². The molecule has 0 saturated carbocycles. The predicted molar refractivity (Wildman–Crippen MR) is 48.1 cm³/mol. The van der Waals surface area contributed by atoms with Crippen molar-refractivity contribution in [2.45, 2.75) is 13.3 Å². The van der Waals surface area contributed by atoms with Gasteiger partial charge < -0.3 is 11.1 Å². The highest BCUT2D eigenvalue weighted by molar-refractivity contribution is 5.85. The van der Waals surface area contributed by atoms with Gasteiger partial charge in [-0.3, -0.25) is 0 Å². The first-order chi connectivity index (χ1) is 5.27. The van der Waals surface area contributed by atoms with Gasteiger partial charge in [-0.1, -0.05) is 13.0 Å². The molecule has 0 saturated heterocycles. The van der Waals surface area contributed by atoms with E-state index in [-0.39, 0.29) is 0 Å². The summed E-state index contributed by atoms with van der Waals surface area (Å²) in [6, 6.07) is 5.78. The number of hydrogen-bond donors (Lipinski definition) is 2. The summed E-state index contributed by atoms with van der Waals surface area (Å²) in [4.78, 5) is 0. The number of benzene rings is 1. The van der Waals surface area contributed by atoms with Gasteiger partial charge in [0, 0.05) is 17.5 Å². The highest BCUT2D eigenvalue weighted by atomic mass is 14.6. The average Bonchev–Trinajstić information content (AvgIpc) is 2.05. The first kappa shape index (κ1) is 7.79. The van der Waals surface area contributed by atoms with Crippen LogP contribution in [-0.4, -0.2) is 6.21 Å². The molecule has 3 N–H and O–H groups in total.